The van der Waals surface area contributed by atoms with E-state index in [0.29, 0.717) is 11.8 Å². The van der Waals surface area contributed by atoms with Gasteiger partial charge >= 0.3 is 0 Å². The standard InChI is InChI=1S/C47H46N2/c1-31(2)36-22-27-43-44(29-36)46(48(38-14-10-8-11-15-38)40-23-18-33(5)19-24-40)42-26-21-37(32(3)4)30-45(42)47(43)49(39-16-12-9-13-17-39)41-25-20-34(6)35(7)28-41/h8-32H,1-7H3. The van der Waals surface area contributed by atoms with Gasteiger partial charge in [-0.2, -0.15) is 0 Å². The van der Waals surface area contributed by atoms with Crippen LogP contribution in [0, 0.1) is 20.8 Å². The summed E-state index contributed by atoms with van der Waals surface area (Å²) in [4.78, 5) is 4.95. The Bertz CT molecular complexity index is 2250. The van der Waals surface area contributed by atoms with Gasteiger partial charge in [0.05, 0.1) is 11.4 Å². The van der Waals surface area contributed by atoms with Crippen LogP contribution in [0.4, 0.5) is 34.1 Å². The number of anilines is 6. The lowest BCUT2D eigenvalue weighted by Crippen LogP contribution is -2.15. The molecule has 0 unspecified atom stereocenters. The van der Waals surface area contributed by atoms with Gasteiger partial charge in [0, 0.05) is 44.3 Å². The van der Waals surface area contributed by atoms with Gasteiger partial charge in [-0.25, -0.2) is 0 Å². The van der Waals surface area contributed by atoms with E-state index >= 15 is 0 Å². The molecule has 0 amide bonds. The average Bonchev–Trinajstić information content (AvgIpc) is 3.12. The van der Waals surface area contributed by atoms with E-state index in [0.717, 1.165) is 22.7 Å². The van der Waals surface area contributed by atoms with Crippen molar-refractivity contribution in [3.8, 4) is 0 Å². The lowest BCUT2D eigenvalue weighted by molar-refractivity contribution is 0.868. The molecule has 7 aromatic rings. The molecule has 0 aliphatic heterocycles. The van der Waals surface area contributed by atoms with E-state index in [4.69, 9.17) is 0 Å². The zero-order valence-corrected chi connectivity index (χ0v) is 29.8. The number of benzene rings is 7. The van der Waals surface area contributed by atoms with Gasteiger partial charge in [0.2, 0.25) is 0 Å². The normalized spacial score (nSPS) is 11.5. The summed E-state index contributed by atoms with van der Waals surface area (Å²) in [7, 11) is 0. The van der Waals surface area contributed by atoms with Gasteiger partial charge in [-0.05, 0) is 116 Å². The lowest BCUT2D eigenvalue weighted by atomic mass is 9.90. The fourth-order valence-electron chi connectivity index (χ4n) is 6.95. The molecular weight excluding hydrogens is 593 g/mol. The Labute approximate surface area is 292 Å². The van der Waals surface area contributed by atoms with Crippen LogP contribution in [-0.2, 0) is 0 Å². The van der Waals surface area contributed by atoms with Crippen LogP contribution < -0.4 is 9.80 Å². The van der Waals surface area contributed by atoms with Gasteiger partial charge in [0.25, 0.3) is 0 Å². The minimum Gasteiger partial charge on any atom is -0.309 e. The highest BCUT2D eigenvalue weighted by Gasteiger charge is 2.26. The van der Waals surface area contributed by atoms with E-state index in [1.807, 2.05) is 0 Å². The van der Waals surface area contributed by atoms with Crippen molar-refractivity contribution < 1.29 is 0 Å². The van der Waals surface area contributed by atoms with Gasteiger partial charge in [-0.3, -0.25) is 0 Å². The maximum absolute atomic E-state index is 2.48. The first-order chi connectivity index (χ1) is 23.7. The van der Waals surface area contributed by atoms with Gasteiger partial charge in [0.15, 0.2) is 0 Å². The Hall–Kier alpha value is -5.34. The van der Waals surface area contributed by atoms with E-state index in [1.165, 1.54) is 60.7 Å². The fraction of sp³-hybridized carbons (Fsp3) is 0.191. The largest absolute Gasteiger partial charge is 0.309 e. The smallest absolute Gasteiger partial charge is 0.0620 e. The quantitative estimate of drug-likeness (QED) is 0.121. The number of nitrogens with zero attached hydrogens (tertiary/aromatic N) is 2. The monoisotopic (exact) mass is 638 g/mol. The van der Waals surface area contributed by atoms with E-state index in [1.54, 1.807) is 0 Å². The number of fused-ring (bicyclic) bond motifs is 2. The van der Waals surface area contributed by atoms with Crippen molar-refractivity contribution in [3.63, 3.8) is 0 Å². The molecule has 7 aromatic carbocycles. The summed E-state index contributed by atoms with van der Waals surface area (Å²) in [6.07, 6.45) is 0. The Morgan fingerprint density at radius 2 is 0.796 bits per heavy atom. The molecule has 49 heavy (non-hydrogen) atoms. The molecule has 244 valence electrons. The van der Waals surface area contributed by atoms with Crippen LogP contribution in [0.25, 0.3) is 21.5 Å². The summed E-state index contributed by atoms with van der Waals surface area (Å²) >= 11 is 0. The van der Waals surface area contributed by atoms with E-state index < -0.39 is 0 Å². The van der Waals surface area contributed by atoms with Crippen LogP contribution >= 0.6 is 0 Å². The molecule has 0 aliphatic carbocycles. The van der Waals surface area contributed by atoms with E-state index in [2.05, 4.69) is 198 Å². The van der Waals surface area contributed by atoms with Crippen molar-refractivity contribution in [2.75, 3.05) is 9.80 Å². The molecule has 0 radical (unpaired) electrons. The zero-order valence-electron chi connectivity index (χ0n) is 29.8. The number of aryl methyl sites for hydroxylation is 3. The minimum absolute atomic E-state index is 0.383. The third-order valence-electron chi connectivity index (χ3n) is 9.96. The van der Waals surface area contributed by atoms with Crippen LogP contribution in [-0.4, -0.2) is 0 Å². The molecule has 0 fully saturated rings. The third-order valence-corrected chi connectivity index (χ3v) is 9.96. The maximum Gasteiger partial charge on any atom is 0.0620 e. The molecule has 0 aromatic heterocycles. The number of hydrogen-bond donors (Lipinski definition) is 0. The molecule has 0 aliphatic rings. The Kier molecular flexibility index (Phi) is 8.73. The summed E-state index contributed by atoms with van der Waals surface area (Å²) in [6.45, 7) is 15.7. The second-order valence-corrected chi connectivity index (χ2v) is 14.1. The highest BCUT2D eigenvalue weighted by Crippen LogP contribution is 2.52. The Morgan fingerprint density at radius 3 is 1.24 bits per heavy atom. The molecule has 0 bridgehead atoms. The lowest BCUT2D eigenvalue weighted by Gasteiger charge is -2.33. The van der Waals surface area contributed by atoms with Crippen LogP contribution in [0.3, 0.4) is 0 Å². The summed E-state index contributed by atoms with van der Waals surface area (Å²) in [5.74, 6) is 0.767. The van der Waals surface area contributed by atoms with E-state index in [-0.39, 0.29) is 0 Å². The van der Waals surface area contributed by atoms with Gasteiger partial charge in [-0.1, -0.05) is 112 Å². The molecule has 0 heterocycles. The topological polar surface area (TPSA) is 6.48 Å². The summed E-state index contributed by atoms with van der Waals surface area (Å²) in [5.41, 5.74) is 13.5. The molecule has 2 nitrogen and oxygen atoms in total. The van der Waals surface area contributed by atoms with Gasteiger partial charge in [0.1, 0.15) is 0 Å². The minimum atomic E-state index is 0.383. The number of para-hydroxylation sites is 2. The first kappa shape index (κ1) is 32.2. The van der Waals surface area contributed by atoms with Crippen molar-refractivity contribution in [1.82, 2.24) is 0 Å². The van der Waals surface area contributed by atoms with Crippen molar-refractivity contribution in [3.05, 3.63) is 167 Å². The molecule has 0 saturated carbocycles. The number of hydrogen-bond acceptors (Lipinski definition) is 2. The molecule has 0 N–H and O–H groups in total. The molecule has 7 rings (SSSR count). The highest BCUT2D eigenvalue weighted by molar-refractivity contribution is 6.23. The van der Waals surface area contributed by atoms with Crippen LogP contribution in [0.5, 0.6) is 0 Å². The molecule has 0 saturated heterocycles. The average molecular weight is 639 g/mol. The highest BCUT2D eigenvalue weighted by atomic mass is 15.2. The first-order valence-corrected chi connectivity index (χ1v) is 17.6. The summed E-state index contributed by atoms with van der Waals surface area (Å²) in [5, 5.41) is 4.92. The second kappa shape index (κ2) is 13.3. The predicted octanol–water partition coefficient (Wildman–Crippen LogP) is 14.1. The summed E-state index contributed by atoms with van der Waals surface area (Å²) in [6, 6.07) is 51.8. The first-order valence-electron chi connectivity index (χ1n) is 17.6. The Morgan fingerprint density at radius 1 is 0.367 bits per heavy atom. The number of rotatable bonds is 8. The SMILES string of the molecule is Cc1ccc(N(c2ccccc2)c2c3ccc(C(C)C)cc3c(N(c3ccccc3)c3ccc(C)c(C)c3)c3ccc(C(C)C)cc23)cc1. The van der Waals surface area contributed by atoms with Crippen LogP contribution in [0.15, 0.2) is 140 Å². The molecule has 0 spiro atoms. The van der Waals surface area contributed by atoms with Crippen molar-refractivity contribution in [1.29, 1.82) is 0 Å². The fourth-order valence-corrected chi connectivity index (χ4v) is 6.95. The molecule has 2 heteroatoms. The van der Waals surface area contributed by atoms with Gasteiger partial charge in [-0.15, -0.1) is 0 Å². The second-order valence-electron chi connectivity index (χ2n) is 14.1. The molecule has 0 atom stereocenters. The van der Waals surface area contributed by atoms with Crippen molar-refractivity contribution >= 4 is 55.7 Å². The van der Waals surface area contributed by atoms with Crippen molar-refractivity contribution in [2.24, 2.45) is 0 Å². The van der Waals surface area contributed by atoms with Crippen LogP contribution in [0.2, 0.25) is 0 Å². The Balaban J connectivity index is 1.69. The van der Waals surface area contributed by atoms with E-state index in [9.17, 15) is 0 Å². The van der Waals surface area contributed by atoms with Gasteiger partial charge < -0.3 is 9.80 Å². The zero-order chi connectivity index (χ0) is 34.2. The summed E-state index contributed by atoms with van der Waals surface area (Å²) < 4.78 is 0. The van der Waals surface area contributed by atoms with Crippen molar-refractivity contribution in [2.45, 2.75) is 60.3 Å². The molecular formula is C47H46N2. The maximum atomic E-state index is 2.48. The third kappa shape index (κ3) is 6.08. The predicted molar refractivity (Wildman–Crippen MR) is 213 cm³/mol. The van der Waals surface area contributed by atoms with Crippen LogP contribution in [0.1, 0.15) is 67.3 Å².